The summed E-state index contributed by atoms with van der Waals surface area (Å²) in [6.45, 7) is 4.34. The molecule has 2 aromatic rings. The minimum Gasteiger partial charge on any atom is -0.493 e. The second kappa shape index (κ2) is 10.6. The van der Waals surface area contributed by atoms with Crippen molar-refractivity contribution in [3.63, 3.8) is 0 Å². The molecule has 0 aliphatic carbocycles. The summed E-state index contributed by atoms with van der Waals surface area (Å²) >= 11 is 0.865. The number of carbonyl (C=O) groups excluding carboxylic acids is 2. The van der Waals surface area contributed by atoms with Gasteiger partial charge in [0.1, 0.15) is 13.2 Å². The molecule has 0 unspecified atom stereocenters. The second-order valence-corrected chi connectivity index (χ2v) is 7.45. The van der Waals surface area contributed by atoms with E-state index in [1.54, 1.807) is 31.4 Å². The maximum absolute atomic E-state index is 11.7. The van der Waals surface area contributed by atoms with Gasteiger partial charge in [-0.25, -0.2) is 0 Å². The van der Waals surface area contributed by atoms with E-state index in [4.69, 9.17) is 18.9 Å². The molecule has 0 bridgehead atoms. The average molecular weight is 442 g/mol. The summed E-state index contributed by atoms with van der Waals surface area (Å²) in [4.78, 5) is 23.3. The van der Waals surface area contributed by atoms with E-state index in [0.29, 0.717) is 41.1 Å². The monoisotopic (exact) mass is 441 g/mol. The summed E-state index contributed by atoms with van der Waals surface area (Å²) in [6, 6.07) is 11.0. The smallest absolute Gasteiger partial charge is 0.290 e. The molecule has 1 N–H and O–H groups in total. The first-order chi connectivity index (χ1) is 15.0. The molecule has 0 spiro atoms. The Labute approximate surface area is 185 Å². The van der Waals surface area contributed by atoms with Crippen LogP contribution in [-0.2, 0) is 11.2 Å². The fourth-order valence-electron chi connectivity index (χ4n) is 2.89. The van der Waals surface area contributed by atoms with E-state index in [1.807, 2.05) is 24.3 Å². The van der Waals surface area contributed by atoms with Gasteiger partial charge in [-0.1, -0.05) is 18.2 Å². The topological polar surface area (TPSA) is 83.1 Å². The normalized spacial score (nSPS) is 14.3. The molecule has 2 aromatic carbocycles. The van der Waals surface area contributed by atoms with Crippen LogP contribution in [0.2, 0.25) is 0 Å². The lowest BCUT2D eigenvalue weighted by Crippen LogP contribution is -2.17. The molecule has 3 rings (SSSR count). The van der Waals surface area contributed by atoms with Crippen LogP contribution in [0.1, 0.15) is 11.1 Å². The van der Waals surface area contributed by atoms with E-state index < -0.39 is 5.91 Å². The molecular weight excluding hydrogens is 418 g/mol. The Morgan fingerprint density at radius 1 is 0.935 bits per heavy atom. The van der Waals surface area contributed by atoms with Gasteiger partial charge in [0.25, 0.3) is 11.1 Å². The van der Waals surface area contributed by atoms with E-state index in [2.05, 4.69) is 11.9 Å². The van der Waals surface area contributed by atoms with Crippen molar-refractivity contribution in [2.45, 2.75) is 6.42 Å². The minimum absolute atomic E-state index is 0.293. The second-order valence-electron chi connectivity index (χ2n) is 6.44. The number of allylic oxidation sites excluding steroid dienone is 1. The first-order valence-corrected chi connectivity index (χ1v) is 10.3. The lowest BCUT2D eigenvalue weighted by molar-refractivity contribution is -0.115. The van der Waals surface area contributed by atoms with Gasteiger partial charge in [0.2, 0.25) is 0 Å². The molecule has 1 aliphatic heterocycles. The van der Waals surface area contributed by atoms with Crippen molar-refractivity contribution in [2.24, 2.45) is 0 Å². The van der Waals surface area contributed by atoms with Crippen LogP contribution in [0.3, 0.4) is 0 Å². The standard InChI is InChI=1S/C23H23NO6S/c1-4-5-15-6-8-17(19(12-15)27-2)29-10-11-30-18-9-7-16(13-20(18)28-3)14-21-22(25)24-23(26)31-21/h4,6-9,12-14H,1,5,10-11H2,2-3H3,(H,24,25,26)/b21-14-. The highest BCUT2D eigenvalue weighted by Crippen LogP contribution is 2.32. The molecule has 0 atom stereocenters. The summed E-state index contributed by atoms with van der Waals surface area (Å²) in [7, 11) is 3.13. The van der Waals surface area contributed by atoms with Gasteiger partial charge in [-0.05, 0) is 59.7 Å². The number of thioether (sulfide) groups is 1. The molecule has 2 amide bonds. The predicted octanol–water partition coefficient (Wildman–Crippen LogP) is 4.21. The number of nitrogens with one attached hydrogen (secondary N) is 1. The fourth-order valence-corrected chi connectivity index (χ4v) is 3.58. The van der Waals surface area contributed by atoms with Crippen molar-refractivity contribution in [3.8, 4) is 23.0 Å². The molecule has 7 nitrogen and oxygen atoms in total. The fraction of sp³-hybridized carbons (Fsp3) is 0.217. The molecule has 0 aromatic heterocycles. The zero-order chi connectivity index (χ0) is 22.2. The van der Waals surface area contributed by atoms with Gasteiger partial charge in [0, 0.05) is 0 Å². The van der Waals surface area contributed by atoms with Gasteiger partial charge in [-0.15, -0.1) is 6.58 Å². The van der Waals surface area contributed by atoms with Crippen LogP contribution in [0.4, 0.5) is 4.79 Å². The number of hydrogen-bond acceptors (Lipinski definition) is 7. The van der Waals surface area contributed by atoms with Crippen molar-refractivity contribution in [2.75, 3.05) is 27.4 Å². The summed E-state index contributed by atoms with van der Waals surface area (Å²) in [5.41, 5.74) is 1.81. The van der Waals surface area contributed by atoms with Crippen LogP contribution in [0.25, 0.3) is 6.08 Å². The first kappa shape index (κ1) is 22.3. The highest BCUT2D eigenvalue weighted by atomic mass is 32.2. The Morgan fingerprint density at radius 2 is 1.58 bits per heavy atom. The lowest BCUT2D eigenvalue weighted by atomic mass is 10.1. The SMILES string of the molecule is C=CCc1ccc(OCCOc2ccc(/C=C3\SC(=O)NC3=O)cc2OC)c(OC)c1. The highest BCUT2D eigenvalue weighted by Gasteiger charge is 2.25. The maximum atomic E-state index is 11.7. The number of carbonyl (C=O) groups is 2. The van der Waals surface area contributed by atoms with Gasteiger partial charge >= 0.3 is 0 Å². The average Bonchev–Trinajstić information content (AvgIpc) is 3.09. The summed E-state index contributed by atoms with van der Waals surface area (Å²) in [5.74, 6) is 1.94. The number of benzene rings is 2. The quantitative estimate of drug-likeness (QED) is 0.336. The van der Waals surface area contributed by atoms with Crippen molar-refractivity contribution in [1.29, 1.82) is 0 Å². The third-order valence-electron chi connectivity index (χ3n) is 4.33. The van der Waals surface area contributed by atoms with E-state index in [0.717, 1.165) is 29.3 Å². The molecule has 0 saturated carbocycles. The number of hydrogen-bond donors (Lipinski definition) is 1. The number of amides is 2. The molecule has 1 aliphatic rings. The molecule has 162 valence electrons. The van der Waals surface area contributed by atoms with Crippen LogP contribution < -0.4 is 24.3 Å². The molecule has 0 radical (unpaired) electrons. The molecule has 1 heterocycles. The van der Waals surface area contributed by atoms with Crippen LogP contribution >= 0.6 is 11.8 Å². The van der Waals surface area contributed by atoms with Crippen LogP contribution in [0, 0.1) is 0 Å². The zero-order valence-corrected chi connectivity index (χ0v) is 18.1. The van der Waals surface area contributed by atoms with Gasteiger partial charge in [0.05, 0.1) is 19.1 Å². The summed E-state index contributed by atoms with van der Waals surface area (Å²) in [6.07, 6.45) is 4.22. The summed E-state index contributed by atoms with van der Waals surface area (Å²) in [5, 5.41) is 1.85. The summed E-state index contributed by atoms with van der Waals surface area (Å²) < 4.78 is 22.3. The van der Waals surface area contributed by atoms with Crippen molar-refractivity contribution < 1.29 is 28.5 Å². The Hall–Kier alpha value is -3.39. The minimum atomic E-state index is -0.403. The van der Waals surface area contributed by atoms with E-state index in [-0.39, 0.29) is 5.24 Å². The van der Waals surface area contributed by atoms with Crippen molar-refractivity contribution in [3.05, 3.63) is 65.1 Å². The molecular formula is C23H23NO6S. The highest BCUT2D eigenvalue weighted by molar-refractivity contribution is 8.18. The van der Waals surface area contributed by atoms with Crippen LogP contribution in [-0.4, -0.2) is 38.6 Å². The first-order valence-electron chi connectivity index (χ1n) is 9.50. The lowest BCUT2D eigenvalue weighted by Gasteiger charge is -2.14. The Morgan fingerprint density at radius 3 is 2.16 bits per heavy atom. The van der Waals surface area contributed by atoms with E-state index in [9.17, 15) is 9.59 Å². The molecule has 1 saturated heterocycles. The number of imide groups is 1. The van der Waals surface area contributed by atoms with Crippen molar-refractivity contribution in [1.82, 2.24) is 5.32 Å². The predicted molar refractivity (Wildman–Crippen MR) is 120 cm³/mol. The Balaban J connectivity index is 1.59. The van der Waals surface area contributed by atoms with Crippen LogP contribution in [0.15, 0.2) is 54.0 Å². The van der Waals surface area contributed by atoms with E-state index in [1.165, 1.54) is 7.11 Å². The molecule has 8 heteroatoms. The maximum Gasteiger partial charge on any atom is 0.290 e. The third-order valence-corrected chi connectivity index (χ3v) is 5.14. The number of rotatable bonds is 10. The Kier molecular flexibility index (Phi) is 7.61. The molecule has 1 fully saturated rings. The number of methoxy groups -OCH3 is 2. The van der Waals surface area contributed by atoms with Gasteiger partial charge in [0.15, 0.2) is 23.0 Å². The van der Waals surface area contributed by atoms with Crippen molar-refractivity contribution >= 4 is 29.0 Å². The Bertz CT molecular complexity index is 1020. The van der Waals surface area contributed by atoms with Gasteiger partial charge < -0.3 is 18.9 Å². The number of ether oxygens (including phenoxy) is 4. The van der Waals surface area contributed by atoms with Gasteiger partial charge in [-0.2, -0.15) is 0 Å². The molecule has 31 heavy (non-hydrogen) atoms. The van der Waals surface area contributed by atoms with Gasteiger partial charge in [-0.3, -0.25) is 14.9 Å². The van der Waals surface area contributed by atoms with E-state index >= 15 is 0 Å². The third kappa shape index (κ3) is 5.82. The van der Waals surface area contributed by atoms with Crippen LogP contribution in [0.5, 0.6) is 23.0 Å². The largest absolute Gasteiger partial charge is 0.493 e. The zero-order valence-electron chi connectivity index (χ0n) is 17.3.